The number of rotatable bonds is 9. The minimum atomic E-state index is -3.87. The molecule has 0 saturated heterocycles. The van der Waals surface area contributed by atoms with Crippen molar-refractivity contribution < 1.29 is 22.0 Å². The first-order valence-corrected chi connectivity index (χ1v) is 12.9. The van der Waals surface area contributed by atoms with Crippen molar-refractivity contribution >= 4 is 44.1 Å². The Balaban J connectivity index is 1.78. The monoisotopic (exact) mass is 526 g/mol. The molecule has 0 spiro atoms. The first-order valence-electron chi connectivity index (χ1n) is 11.2. The number of ketones is 1. The third-order valence-corrected chi connectivity index (χ3v) is 7.22. The number of nitrogen functional groups attached to an aromatic ring is 1. The molecule has 0 aliphatic heterocycles. The lowest BCUT2D eigenvalue weighted by Crippen LogP contribution is -2.18. The van der Waals surface area contributed by atoms with Crippen LogP contribution in [0, 0.1) is 17.0 Å². The van der Waals surface area contributed by atoms with Crippen molar-refractivity contribution in [1.29, 1.82) is 5.41 Å². The van der Waals surface area contributed by atoms with Crippen molar-refractivity contribution in [2.24, 2.45) is 5.73 Å². The number of aromatic amines is 1. The summed E-state index contributed by atoms with van der Waals surface area (Å²) in [5.41, 5.74) is 6.94. The Bertz CT molecular complexity index is 1650. The Labute approximate surface area is 211 Å². The van der Waals surface area contributed by atoms with E-state index >= 15 is 4.39 Å². The molecular weight excluding hydrogens is 502 g/mol. The fourth-order valence-electron chi connectivity index (χ4n) is 3.98. The number of nitrogens with two attached hydrogens (primary N) is 1. The van der Waals surface area contributed by atoms with Crippen LogP contribution in [0.4, 0.5) is 20.2 Å². The maximum Gasteiger partial charge on any atom is 0.232 e. The quantitative estimate of drug-likeness (QED) is 0.125. The van der Waals surface area contributed by atoms with Gasteiger partial charge in [0, 0.05) is 47.2 Å². The number of hydrogen-bond donors (Lipinski definition) is 5. The van der Waals surface area contributed by atoms with Crippen LogP contribution >= 0.6 is 0 Å². The SMILES string of the molecule is CCCS(=O)(=O)Nc1ccc(F)c(C(=O)c2c[nH]c3ncc(-c4ccc(C(=N)N)c(NC)c4)cc23)c1F. The van der Waals surface area contributed by atoms with Crippen LogP contribution in [0.3, 0.4) is 0 Å². The van der Waals surface area contributed by atoms with Gasteiger partial charge in [-0.3, -0.25) is 14.9 Å². The second kappa shape index (κ2) is 9.97. The van der Waals surface area contributed by atoms with Gasteiger partial charge in [0.25, 0.3) is 0 Å². The third-order valence-electron chi connectivity index (χ3n) is 5.74. The summed E-state index contributed by atoms with van der Waals surface area (Å²) in [6.45, 7) is 1.64. The third kappa shape index (κ3) is 5.00. The molecule has 4 rings (SSSR count). The fourth-order valence-corrected chi connectivity index (χ4v) is 5.11. The Morgan fingerprint density at radius 3 is 2.54 bits per heavy atom. The highest BCUT2D eigenvalue weighted by atomic mass is 32.2. The van der Waals surface area contributed by atoms with Gasteiger partial charge in [0.2, 0.25) is 15.8 Å². The average molecular weight is 527 g/mol. The highest BCUT2D eigenvalue weighted by Gasteiger charge is 2.26. The summed E-state index contributed by atoms with van der Waals surface area (Å²) in [5, 5.41) is 11.0. The van der Waals surface area contributed by atoms with Crippen LogP contribution in [0.15, 0.2) is 48.8 Å². The molecule has 37 heavy (non-hydrogen) atoms. The number of H-pyrrole nitrogens is 1. The number of anilines is 2. The van der Waals surface area contributed by atoms with Crippen molar-refractivity contribution in [3.8, 4) is 11.1 Å². The molecule has 0 amide bonds. The van der Waals surface area contributed by atoms with Crippen molar-refractivity contribution in [2.45, 2.75) is 13.3 Å². The zero-order valence-corrected chi connectivity index (χ0v) is 20.8. The highest BCUT2D eigenvalue weighted by molar-refractivity contribution is 7.92. The van der Waals surface area contributed by atoms with Crippen LogP contribution in [0.2, 0.25) is 0 Å². The van der Waals surface area contributed by atoms with Gasteiger partial charge in [0.1, 0.15) is 17.3 Å². The molecule has 12 heteroatoms. The van der Waals surface area contributed by atoms with Gasteiger partial charge in [-0.05, 0) is 42.3 Å². The molecule has 2 aromatic carbocycles. The number of sulfonamides is 1. The summed E-state index contributed by atoms with van der Waals surface area (Å²) >= 11 is 0. The number of pyridine rings is 1. The van der Waals surface area contributed by atoms with E-state index < -0.39 is 38.7 Å². The summed E-state index contributed by atoms with van der Waals surface area (Å²) in [6, 6.07) is 8.60. The van der Waals surface area contributed by atoms with Crippen LogP contribution in [0.25, 0.3) is 22.2 Å². The number of amidine groups is 1. The maximum absolute atomic E-state index is 15.2. The van der Waals surface area contributed by atoms with Crippen LogP contribution in [0.5, 0.6) is 0 Å². The highest BCUT2D eigenvalue weighted by Crippen LogP contribution is 2.31. The average Bonchev–Trinajstić information content (AvgIpc) is 3.28. The predicted molar refractivity (Wildman–Crippen MR) is 140 cm³/mol. The number of nitrogens with zero attached hydrogens (tertiary/aromatic N) is 1. The molecule has 4 aromatic rings. The van der Waals surface area contributed by atoms with Gasteiger partial charge in [0.05, 0.1) is 17.0 Å². The zero-order valence-electron chi connectivity index (χ0n) is 19.9. The van der Waals surface area contributed by atoms with E-state index in [2.05, 4.69) is 20.0 Å². The molecule has 0 saturated carbocycles. The van der Waals surface area contributed by atoms with E-state index in [-0.39, 0.29) is 17.2 Å². The lowest BCUT2D eigenvalue weighted by Gasteiger charge is -2.12. The lowest BCUT2D eigenvalue weighted by molar-refractivity contribution is 0.103. The molecule has 0 unspecified atom stereocenters. The van der Waals surface area contributed by atoms with Gasteiger partial charge >= 0.3 is 0 Å². The summed E-state index contributed by atoms with van der Waals surface area (Å²) in [5.74, 6) is -3.77. The number of carbonyl (C=O) groups excluding carboxylic acids is 1. The Hall–Kier alpha value is -4.32. The summed E-state index contributed by atoms with van der Waals surface area (Å²) in [4.78, 5) is 20.5. The molecule has 0 bridgehead atoms. The smallest absolute Gasteiger partial charge is 0.232 e. The van der Waals surface area contributed by atoms with Crippen LogP contribution in [0.1, 0.15) is 34.8 Å². The second-order valence-electron chi connectivity index (χ2n) is 8.28. The van der Waals surface area contributed by atoms with E-state index in [1.807, 2.05) is 0 Å². The number of aromatic nitrogens is 2. The molecular formula is C25H24F2N6O3S. The lowest BCUT2D eigenvalue weighted by atomic mass is 9.99. The van der Waals surface area contributed by atoms with Gasteiger partial charge in [-0.25, -0.2) is 22.2 Å². The number of benzene rings is 2. The van der Waals surface area contributed by atoms with Crippen LogP contribution < -0.4 is 15.8 Å². The molecule has 0 radical (unpaired) electrons. The fraction of sp³-hybridized carbons (Fsp3) is 0.160. The number of carbonyl (C=O) groups is 1. The van der Waals surface area contributed by atoms with E-state index in [0.717, 1.165) is 12.1 Å². The molecule has 0 fully saturated rings. The molecule has 0 atom stereocenters. The van der Waals surface area contributed by atoms with E-state index in [1.54, 1.807) is 44.4 Å². The minimum Gasteiger partial charge on any atom is -0.388 e. The van der Waals surface area contributed by atoms with Crippen LogP contribution in [-0.4, -0.2) is 42.8 Å². The Morgan fingerprint density at radius 2 is 1.86 bits per heavy atom. The van der Waals surface area contributed by atoms with Gasteiger partial charge in [0.15, 0.2) is 5.82 Å². The summed E-state index contributed by atoms with van der Waals surface area (Å²) in [7, 11) is -2.18. The first-order chi connectivity index (χ1) is 17.6. The van der Waals surface area contributed by atoms with Gasteiger partial charge in [-0.15, -0.1) is 0 Å². The maximum atomic E-state index is 15.2. The topological polar surface area (TPSA) is 154 Å². The van der Waals surface area contributed by atoms with Gasteiger partial charge < -0.3 is 16.0 Å². The van der Waals surface area contributed by atoms with Gasteiger partial charge in [-0.2, -0.15) is 0 Å². The summed E-state index contributed by atoms with van der Waals surface area (Å²) < 4.78 is 56.2. The van der Waals surface area contributed by atoms with E-state index in [0.29, 0.717) is 39.8 Å². The molecule has 2 heterocycles. The van der Waals surface area contributed by atoms with E-state index in [4.69, 9.17) is 11.1 Å². The number of nitrogens with one attached hydrogen (secondary N) is 4. The van der Waals surface area contributed by atoms with Crippen molar-refractivity contribution in [1.82, 2.24) is 9.97 Å². The molecule has 0 aliphatic carbocycles. The number of halogens is 2. The van der Waals surface area contributed by atoms with Gasteiger partial charge in [-0.1, -0.05) is 13.0 Å². The van der Waals surface area contributed by atoms with Crippen molar-refractivity contribution in [2.75, 3.05) is 22.8 Å². The van der Waals surface area contributed by atoms with Crippen molar-refractivity contribution in [3.05, 3.63) is 77.1 Å². The molecule has 0 aliphatic rings. The number of fused-ring (bicyclic) bond motifs is 1. The zero-order chi connectivity index (χ0) is 26.9. The minimum absolute atomic E-state index is 0.0371. The standard InChI is InChI=1S/C25H24F2N6O3S/c1-3-8-37(35,36)33-19-7-6-18(26)21(22(19)27)23(34)17-12-32-25-16(17)9-14(11-31-25)13-4-5-15(24(28)29)20(10-13)30-2/h4-7,9-12,30,33H,3,8H2,1-2H3,(H3,28,29)(H,31,32). The first kappa shape index (κ1) is 25.8. The molecule has 6 N–H and O–H groups in total. The predicted octanol–water partition coefficient (Wildman–Crippen LogP) is 4.22. The van der Waals surface area contributed by atoms with E-state index in [9.17, 15) is 17.6 Å². The largest absolute Gasteiger partial charge is 0.388 e. The second-order valence-corrected chi connectivity index (χ2v) is 10.1. The number of hydrogen-bond acceptors (Lipinski definition) is 6. The molecule has 2 aromatic heterocycles. The summed E-state index contributed by atoms with van der Waals surface area (Å²) in [6.07, 6.45) is 3.16. The van der Waals surface area contributed by atoms with E-state index in [1.165, 1.54) is 6.20 Å². The van der Waals surface area contributed by atoms with Crippen LogP contribution in [-0.2, 0) is 10.0 Å². The normalized spacial score (nSPS) is 11.5. The Morgan fingerprint density at radius 1 is 1.11 bits per heavy atom. The Kier molecular flexibility index (Phi) is 6.94. The van der Waals surface area contributed by atoms with Crippen molar-refractivity contribution in [3.63, 3.8) is 0 Å². The molecule has 9 nitrogen and oxygen atoms in total. The molecule has 192 valence electrons.